The van der Waals surface area contributed by atoms with Crippen molar-refractivity contribution in [3.05, 3.63) is 40.9 Å². The minimum atomic E-state index is -1.08. The number of rotatable bonds is 7. The van der Waals surface area contributed by atoms with Crippen LogP contribution in [0.1, 0.15) is 56.0 Å². The third-order valence-corrected chi connectivity index (χ3v) is 3.93. The second-order valence-corrected chi connectivity index (χ2v) is 6.37. The first-order valence-electron chi connectivity index (χ1n) is 8.10. The van der Waals surface area contributed by atoms with Gasteiger partial charge in [0.15, 0.2) is 0 Å². The van der Waals surface area contributed by atoms with Gasteiger partial charge in [0.2, 0.25) is 5.82 Å². The molecule has 2 rings (SSSR count). The molecule has 0 fully saturated rings. The summed E-state index contributed by atoms with van der Waals surface area (Å²) in [6.45, 7) is 5.70. The Balaban J connectivity index is 2.37. The van der Waals surface area contributed by atoms with E-state index in [0.29, 0.717) is 29.4 Å². The van der Waals surface area contributed by atoms with Crippen LogP contribution < -0.4 is 5.32 Å². The standard InChI is InChI=1S/C17H21ClN4O3/c1-4-7-12(17(24)25)19-16(23)14-20-15(10(2)3)22(21-14)13-9-6-5-8-11(13)18/h5-6,8-10,12H,4,7H2,1-3H3,(H,19,23)(H,24,25). The van der Waals surface area contributed by atoms with Crippen LogP contribution in [0.5, 0.6) is 0 Å². The highest BCUT2D eigenvalue weighted by atomic mass is 35.5. The summed E-state index contributed by atoms with van der Waals surface area (Å²) in [5, 5.41) is 16.4. The molecular weight excluding hydrogens is 344 g/mol. The zero-order valence-electron chi connectivity index (χ0n) is 14.4. The molecule has 0 aliphatic carbocycles. The van der Waals surface area contributed by atoms with Gasteiger partial charge < -0.3 is 10.4 Å². The van der Waals surface area contributed by atoms with Crippen molar-refractivity contribution in [3.63, 3.8) is 0 Å². The number of benzene rings is 1. The molecular formula is C17H21ClN4O3. The van der Waals surface area contributed by atoms with Gasteiger partial charge in [-0.05, 0) is 18.6 Å². The Morgan fingerprint density at radius 1 is 1.32 bits per heavy atom. The van der Waals surface area contributed by atoms with Crippen molar-refractivity contribution >= 4 is 23.5 Å². The average molecular weight is 365 g/mol. The number of nitrogens with zero attached hydrogens (tertiary/aromatic N) is 3. The molecule has 1 unspecified atom stereocenters. The van der Waals surface area contributed by atoms with Crippen LogP contribution in [-0.4, -0.2) is 37.8 Å². The normalized spacial score (nSPS) is 12.2. The van der Waals surface area contributed by atoms with E-state index in [4.69, 9.17) is 11.6 Å². The summed E-state index contributed by atoms with van der Waals surface area (Å²) in [5.74, 6) is -1.21. The lowest BCUT2D eigenvalue weighted by Crippen LogP contribution is -2.41. The molecule has 0 saturated carbocycles. The summed E-state index contributed by atoms with van der Waals surface area (Å²) in [6.07, 6.45) is 0.972. The number of hydrogen-bond acceptors (Lipinski definition) is 4. The summed E-state index contributed by atoms with van der Waals surface area (Å²) in [6, 6.07) is 6.15. The lowest BCUT2D eigenvalue weighted by Gasteiger charge is -2.11. The van der Waals surface area contributed by atoms with E-state index in [0.717, 1.165) is 0 Å². The fourth-order valence-electron chi connectivity index (χ4n) is 2.36. The van der Waals surface area contributed by atoms with Crippen molar-refractivity contribution in [2.75, 3.05) is 0 Å². The fourth-order valence-corrected chi connectivity index (χ4v) is 2.58. The molecule has 0 saturated heterocycles. The highest BCUT2D eigenvalue weighted by molar-refractivity contribution is 6.32. The summed E-state index contributed by atoms with van der Waals surface area (Å²) >= 11 is 6.22. The Morgan fingerprint density at radius 2 is 2.00 bits per heavy atom. The minimum Gasteiger partial charge on any atom is -0.480 e. The van der Waals surface area contributed by atoms with E-state index < -0.39 is 17.9 Å². The van der Waals surface area contributed by atoms with Crippen molar-refractivity contribution in [2.24, 2.45) is 0 Å². The third-order valence-electron chi connectivity index (χ3n) is 3.61. The molecule has 1 atom stereocenters. The number of amides is 1. The second kappa shape index (κ2) is 8.11. The molecule has 1 heterocycles. The number of halogens is 1. The van der Waals surface area contributed by atoms with Gasteiger partial charge in [-0.2, -0.15) is 0 Å². The van der Waals surface area contributed by atoms with Crippen molar-refractivity contribution in [2.45, 2.75) is 45.6 Å². The van der Waals surface area contributed by atoms with E-state index in [-0.39, 0.29) is 11.7 Å². The maximum Gasteiger partial charge on any atom is 0.326 e. The number of aromatic nitrogens is 3. The maximum atomic E-state index is 12.4. The van der Waals surface area contributed by atoms with Crippen LogP contribution in [0.4, 0.5) is 0 Å². The Labute approximate surface area is 151 Å². The number of hydrogen-bond donors (Lipinski definition) is 2. The molecule has 1 amide bonds. The molecule has 0 radical (unpaired) electrons. The van der Waals surface area contributed by atoms with Gasteiger partial charge in [0.1, 0.15) is 11.9 Å². The number of para-hydroxylation sites is 1. The topological polar surface area (TPSA) is 97.1 Å². The Kier molecular flexibility index (Phi) is 6.14. The minimum absolute atomic E-state index is 0.00349. The zero-order chi connectivity index (χ0) is 18.6. The van der Waals surface area contributed by atoms with Gasteiger partial charge in [-0.1, -0.05) is 50.9 Å². The lowest BCUT2D eigenvalue weighted by atomic mass is 10.1. The third kappa shape index (κ3) is 4.36. The van der Waals surface area contributed by atoms with E-state index in [1.807, 2.05) is 26.8 Å². The fraction of sp³-hybridized carbons (Fsp3) is 0.412. The molecule has 8 heteroatoms. The molecule has 25 heavy (non-hydrogen) atoms. The van der Waals surface area contributed by atoms with Gasteiger partial charge in [-0.3, -0.25) is 4.79 Å². The van der Waals surface area contributed by atoms with Crippen molar-refractivity contribution in [1.29, 1.82) is 0 Å². The van der Waals surface area contributed by atoms with Crippen molar-refractivity contribution < 1.29 is 14.7 Å². The first-order valence-corrected chi connectivity index (χ1v) is 8.48. The molecule has 0 bridgehead atoms. The Bertz CT molecular complexity index is 773. The molecule has 2 N–H and O–H groups in total. The first-order chi connectivity index (χ1) is 11.8. The lowest BCUT2D eigenvalue weighted by molar-refractivity contribution is -0.139. The van der Waals surface area contributed by atoms with E-state index in [1.165, 1.54) is 4.68 Å². The largest absolute Gasteiger partial charge is 0.480 e. The highest BCUT2D eigenvalue weighted by Gasteiger charge is 2.24. The van der Waals surface area contributed by atoms with Crippen LogP contribution in [0, 0.1) is 0 Å². The SMILES string of the molecule is CCCC(NC(=O)c1nc(C(C)C)n(-c2ccccc2Cl)n1)C(=O)O. The number of aliphatic carboxylic acids is 1. The zero-order valence-corrected chi connectivity index (χ0v) is 15.1. The van der Waals surface area contributed by atoms with E-state index in [9.17, 15) is 14.7 Å². The predicted octanol–water partition coefficient (Wildman–Crippen LogP) is 3.03. The van der Waals surface area contributed by atoms with Gasteiger partial charge in [-0.25, -0.2) is 14.5 Å². The molecule has 1 aromatic heterocycles. The Morgan fingerprint density at radius 3 is 2.56 bits per heavy atom. The summed E-state index contributed by atoms with van der Waals surface area (Å²) in [5.41, 5.74) is 0.614. The van der Waals surface area contributed by atoms with E-state index in [1.54, 1.807) is 18.2 Å². The first kappa shape index (κ1) is 18.9. The van der Waals surface area contributed by atoms with Crippen LogP contribution in [0.25, 0.3) is 5.69 Å². The monoisotopic (exact) mass is 364 g/mol. The van der Waals surface area contributed by atoms with Crippen molar-refractivity contribution in [3.8, 4) is 5.69 Å². The molecule has 1 aromatic carbocycles. The molecule has 0 aliphatic heterocycles. The van der Waals surface area contributed by atoms with Crippen LogP contribution in [-0.2, 0) is 4.79 Å². The molecule has 0 spiro atoms. The summed E-state index contributed by atoms with van der Waals surface area (Å²) < 4.78 is 1.53. The number of carboxylic acid groups (broad SMARTS) is 1. The Hall–Kier alpha value is -2.41. The van der Waals surface area contributed by atoms with E-state index in [2.05, 4.69) is 15.4 Å². The van der Waals surface area contributed by atoms with Crippen LogP contribution in [0.2, 0.25) is 5.02 Å². The number of carbonyl (C=O) groups is 2. The van der Waals surface area contributed by atoms with Crippen molar-refractivity contribution in [1.82, 2.24) is 20.1 Å². The summed E-state index contributed by atoms with van der Waals surface area (Å²) in [7, 11) is 0. The molecule has 0 aliphatic rings. The van der Waals surface area contributed by atoms with E-state index >= 15 is 0 Å². The summed E-state index contributed by atoms with van der Waals surface area (Å²) in [4.78, 5) is 27.9. The second-order valence-electron chi connectivity index (χ2n) is 5.96. The predicted molar refractivity (Wildman–Crippen MR) is 94.3 cm³/mol. The smallest absolute Gasteiger partial charge is 0.326 e. The molecule has 7 nitrogen and oxygen atoms in total. The van der Waals surface area contributed by atoms with Gasteiger partial charge in [0.05, 0.1) is 10.7 Å². The number of carbonyl (C=O) groups excluding carboxylic acids is 1. The van der Waals surface area contributed by atoms with Gasteiger partial charge in [0, 0.05) is 5.92 Å². The quantitative estimate of drug-likeness (QED) is 0.787. The van der Waals surface area contributed by atoms with Gasteiger partial charge in [0.25, 0.3) is 5.91 Å². The number of carboxylic acids is 1. The van der Waals surface area contributed by atoms with Crippen LogP contribution in [0.3, 0.4) is 0 Å². The average Bonchev–Trinajstić information content (AvgIpc) is 3.00. The number of nitrogens with one attached hydrogen (secondary N) is 1. The van der Waals surface area contributed by atoms with Gasteiger partial charge in [-0.15, -0.1) is 5.10 Å². The maximum absolute atomic E-state index is 12.4. The molecule has 2 aromatic rings. The van der Waals surface area contributed by atoms with Crippen LogP contribution >= 0.6 is 11.6 Å². The highest BCUT2D eigenvalue weighted by Crippen LogP contribution is 2.23. The van der Waals surface area contributed by atoms with Crippen LogP contribution in [0.15, 0.2) is 24.3 Å². The molecule has 134 valence electrons. The van der Waals surface area contributed by atoms with Gasteiger partial charge >= 0.3 is 5.97 Å².